The molecule has 0 radical (unpaired) electrons. The van der Waals surface area contributed by atoms with Gasteiger partial charge < -0.3 is 19.4 Å². The zero-order chi connectivity index (χ0) is 21.8. The summed E-state index contributed by atoms with van der Waals surface area (Å²) in [5.41, 5.74) is 2.27. The molecule has 0 saturated carbocycles. The topological polar surface area (TPSA) is 96.2 Å². The molecule has 1 N–H and O–H groups in total. The Labute approximate surface area is 179 Å². The number of carbonyl (C=O) groups is 3. The number of nitrogens with one attached hydrogen (secondary N) is 1. The minimum Gasteiger partial charge on any atom is -0.487 e. The molecule has 2 aromatic heterocycles. The Bertz CT molecular complexity index is 1090. The number of hydrogen-bond acceptors (Lipinski definition) is 5. The van der Waals surface area contributed by atoms with E-state index in [0.29, 0.717) is 24.5 Å². The monoisotopic (exact) mass is 421 g/mol. The van der Waals surface area contributed by atoms with Crippen molar-refractivity contribution in [3.05, 3.63) is 60.6 Å². The Morgan fingerprint density at radius 1 is 1.19 bits per heavy atom. The van der Waals surface area contributed by atoms with Gasteiger partial charge in [-0.2, -0.15) is 0 Å². The summed E-state index contributed by atoms with van der Waals surface area (Å²) in [6.07, 6.45) is 4.44. The summed E-state index contributed by atoms with van der Waals surface area (Å²) in [4.78, 5) is 42.9. The second-order valence-electron chi connectivity index (χ2n) is 7.35. The van der Waals surface area contributed by atoms with E-state index in [2.05, 4.69) is 10.3 Å². The summed E-state index contributed by atoms with van der Waals surface area (Å²) in [5.74, 6) is 0.194. The number of anilines is 1. The molecule has 1 aliphatic rings. The highest BCUT2D eigenvalue weighted by Crippen LogP contribution is 2.19. The lowest BCUT2D eigenvalue weighted by molar-refractivity contribution is -0.125. The first-order valence-corrected chi connectivity index (χ1v) is 10.0. The number of urea groups is 1. The van der Waals surface area contributed by atoms with E-state index < -0.39 is 0 Å². The third kappa shape index (κ3) is 4.82. The average molecular weight is 421 g/mol. The van der Waals surface area contributed by atoms with Crippen LogP contribution in [0.15, 0.2) is 54.9 Å². The first kappa shape index (κ1) is 20.4. The van der Waals surface area contributed by atoms with E-state index in [1.54, 1.807) is 25.2 Å². The largest absolute Gasteiger partial charge is 0.487 e. The third-order valence-electron chi connectivity index (χ3n) is 4.93. The van der Waals surface area contributed by atoms with Crippen molar-refractivity contribution in [3.63, 3.8) is 0 Å². The Morgan fingerprint density at radius 2 is 2.06 bits per heavy atom. The number of hydrogen-bond donors (Lipinski definition) is 1. The second-order valence-corrected chi connectivity index (χ2v) is 7.35. The fraction of sp³-hybridized carbons (Fsp3) is 0.273. The fourth-order valence-electron chi connectivity index (χ4n) is 3.39. The van der Waals surface area contributed by atoms with Crippen molar-refractivity contribution in [3.8, 4) is 5.75 Å². The van der Waals surface area contributed by atoms with Gasteiger partial charge in [-0.05, 0) is 30.7 Å². The van der Waals surface area contributed by atoms with Crippen LogP contribution in [0.25, 0.3) is 5.65 Å². The summed E-state index contributed by atoms with van der Waals surface area (Å²) in [6.45, 7) is 0.635. The van der Waals surface area contributed by atoms with Crippen molar-refractivity contribution in [1.29, 1.82) is 0 Å². The molecule has 3 heterocycles. The van der Waals surface area contributed by atoms with Crippen molar-refractivity contribution in [2.45, 2.75) is 19.4 Å². The summed E-state index contributed by atoms with van der Waals surface area (Å²) < 4.78 is 7.74. The first-order chi connectivity index (χ1) is 15.0. The number of carbonyl (C=O) groups excluding carboxylic acids is 3. The lowest BCUT2D eigenvalue weighted by atomic mass is 10.2. The zero-order valence-corrected chi connectivity index (χ0v) is 17.2. The van der Waals surface area contributed by atoms with E-state index in [1.807, 2.05) is 41.1 Å². The van der Waals surface area contributed by atoms with Crippen LogP contribution in [-0.2, 0) is 16.2 Å². The molecule has 0 bridgehead atoms. The molecule has 9 nitrogen and oxygen atoms in total. The van der Waals surface area contributed by atoms with Gasteiger partial charge in [-0.25, -0.2) is 9.78 Å². The molecule has 0 atom stereocenters. The highest BCUT2D eigenvalue weighted by Gasteiger charge is 2.32. The molecule has 160 valence electrons. The van der Waals surface area contributed by atoms with Gasteiger partial charge in [-0.1, -0.05) is 12.1 Å². The maximum atomic E-state index is 12.2. The summed E-state index contributed by atoms with van der Waals surface area (Å²) in [7, 11) is 1.58. The molecule has 0 unspecified atom stereocenters. The standard InChI is InChI=1S/C22H23N5O4/c1-25-14-21(29)27(22(25)30)11-5-9-20(28)24-16-6-4-7-18(12-16)31-15-17-13-26-10-3-2-8-19(26)23-17/h2-4,6-8,10,12-13H,5,9,11,14-15H2,1H3,(H,24,28). The SMILES string of the molecule is CN1CC(=O)N(CCCC(=O)Nc2cccc(OCc3cn4ccccc4n3)c2)C1=O. The van der Waals surface area contributed by atoms with Crippen LogP contribution >= 0.6 is 0 Å². The van der Waals surface area contributed by atoms with Gasteiger partial charge in [0.2, 0.25) is 11.8 Å². The number of benzene rings is 1. The van der Waals surface area contributed by atoms with E-state index in [1.165, 1.54) is 9.80 Å². The second kappa shape index (κ2) is 8.86. The molecular weight excluding hydrogens is 398 g/mol. The molecular formula is C22H23N5O4. The van der Waals surface area contributed by atoms with Crippen LogP contribution in [0.5, 0.6) is 5.75 Å². The van der Waals surface area contributed by atoms with Gasteiger partial charge in [0.1, 0.15) is 24.5 Å². The predicted molar refractivity (Wildman–Crippen MR) is 114 cm³/mol. The normalized spacial score (nSPS) is 13.8. The minimum atomic E-state index is -0.319. The molecule has 0 aliphatic carbocycles. The molecule has 0 spiro atoms. The number of imidazole rings is 1. The fourth-order valence-corrected chi connectivity index (χ4v) is 3.39. The number of imide groups is 1. The zero-order valence-electron chi connectivity index (χ0n) is 17.2. The maximum Gasteiger partial charge on any atom is 0.326 e. The molecule has 31 heavy (non-hydrogen) atoms. The van der Waals surface area contributed by atoms with Gasteiger partial charge in [-0.3, -0.25) is 14.5 Å². The summed E-state index contributed by atoms with van der Waals surface area (Å²) in [5, 5.41) is 2.82. The third-order valence-corrected chi connectivity index (χ3v) is 4.93. The van der Waals surface area contributed by atoms with Crippen LogP contribution in [-0.4, -0.2) is 57.2 Å². The van der Waals surface area contributed by atoms with Gasteiger partial charge in [0, 0.05) is 44.2 Å². The maximum absolute atomic E-state index is 12.2. The van der Waals surface area contributed by atoms with Crippen LogP contribution in [0.1, 0.15) is 18.5 Å². The number of fused-ring (bicyclic) bond motifs is 1. The van der Waals surface area contributed by atoms with Crippen LogP contribution in [0, 0.1) is 0 Å². The molecule has 4 amide bonds. The Hall–Kier alpha value is -3.88. The van der Waals surface area contributed by atoms with E-state index in [0.717, 1.165) is 11.3 Å². The number of pyridine rings is 1. The number of aromatic nitrogens is 2. The van der Waals surface area contributed by atoms with Crippen LogP contribution in [0.4, 0.5) is 10.5 Å². The van der Waals surface area contributed by atoms with Crippen molar-refractivity contribution in [2.24, 2.45) is 0 Å². The lowest BCUT2D eigenvalue weighted by Gasteiger charge is -2.13. The van der Waals surface area contributed by atoms with Gasteiger partial charge in [0.05, 0.1) is 5.69 Å². The van der Waals surface area contributed by atoms with Crippen molar-refractivity contribution in [1.82, 2.24) is 19.2 Å². The molecule has 9 heteroatoms. The Kier molecular flexibility index (Phi) is 5.83. The number of likely N-dealkylation sites (N-methyl/N-ethyl adjacent to an activating group) is 1. The van der Waals surface area contributed by atoms with Gasteiger partial charge >= 0.3 is 6.03 Å². The number of rotatable bonds is 8. The number of amides is 4. The minimum absolute atomic E-state index is 0.0901. The quantitative estimate of drug-likeness (QED) is 0.564. The van der Waals surface area contributed by atoms with E-state index in [4.69, 9.17) is 4.74 Å². The van der Waals surface area contributed by atoms with E-state index in [-0.39, 0.29) is 37.4 Å². The summed E-state index contributed by atoms with van der Waals surface area (Å²) in [6, 6.07) is 12.6. The van der Waals surface area contributed by atoms with Crippen LogP contribution < -0.4 is 10.1 Å². The molecule has 1 aliphatic heterocycles. The van der Waals surface area contributed by atoms with Gasteiger partial charge in [0.25, 0.3) is 0 Å². The van der Waals surface area contributed by atoms with Crippen LogP contribution in [0.2, 0.25) is 0 Å². The molecule has 3 aromatic rings. The van der Waals surface area contributed by atoms with Crippen molar-refractivity contribution >= 4 is 29.2 Å². The predicted octanol–water partition coefficient (Wildman–Crippen LogP) is 2.53. The molecule has 4 rings (SSSR count). The molecule has 1 saturated heterocycles. The van der Waals surface area contributed by atoms with Crippen molar-refractivity contribution < 1.29 is 19.1 Å². The average Bonchev–Trinajstić information content (AvgIpc) is 3.27. The first-order valence-electron chi connectivity index (χ1n) is 10.0. The lowest BCUT2D eigenvalue weighted by Crippen LogP contribution is -2.32. The Morgan fingerprint density at radius 3 is 2.84 bits per heavy atom. The highest BCUT2D eigenvalue weighted by molar-refractivity contribution is 6.01. The van der Waals surface area contributed by atoms with E-state index in [9.17, 15) is 14.4 Å². The van der Waals surface area contributed by atoms with Crippen LogP contribution in [0.3, 0.4) is 0 Å². The Balaban J connectivity index is 1.26. The smallest absolute Gasteiger partial charge is 0.326 e. The number of ether oxygens (including phenoxy) is 1. The van der Waals surface area contributed by atoms with E-state index >= 15 is 0 Å². The highest BCUT2D eigenvalue weighted by atomic mass is 16.5. The van der Waals surface area contributed by atoms with Gasteiger partial charge in [0.15, 0.2) is 0 Å². The van der Waals surface area contributed by atoms with Gasteiger partial charge in [-0.15, -0.1) is 0 Å². The molecule has 1 fully saturated rings. The molecule has 1 aromatic carbocycles. The number of nitrogens with zero attached hydrogens (tertiary/aromatic N) is 4. The van der Waals surface area contributed by atoms with Crippen molar-refractivity contribution in [2.75, 3.05) is 25.5 Å². The summed E-state index contributed by atoms with van der Waals surface area (Å²) >= 11 is 0.